The van der Waals surface area contributed by atoms with Gasteiger partial charge in [0, 0.05) is 25.8 Å². The third kappa shape index (κ3) is 5.53. The molecule has 0 aliphatic carbocycles. The lowest BCUT2D eigenvalue weighted by Gasteiger charge is -2.31. The van der Waals surface area contributed by atoms with E-state index in [-0.39, 0.29) is 11.7 Å². The maximum absolute atomic E-state index is 12.9. The average Bonchev–Trinajstić information content (AvgIpc) is 2.69. The summed E-state index contributed by atoms with van der Waals surface area (Å²) in [6.45, 7) is 2.71. The number of hydrogen-bond acceptors (Lipinski definition) is 2. The van der Waals surface area contributed by atoms with Crippen molar-refractivity contribution in [2.45, 2.75) is 19.4 Å². The minimum atomic E-state index is -0.230. The number of carbonyl (C=O) groups excluding carboxylic acids is 1. The largest absolute Gasteiger partial charge is 0.376 e. The lowest BCUT2D eigenvalue weighted by Crippen LogP contribution is -2.38. The summed E-state index contributed by atoms with van der Waals surface area (Å²) in [6.07, 6.45) is 5.42. The molecular weight excluding hydrogens is 329 g/mol. The number of halogens is 1. The van der Waals surface area contributed by atoms with Crippen molar-refractivity contribution in [1.82, 2.24) is 4.90 Å². The SMILES string of the molecule is O=C(C=Cc1ccccc1)N1CCC(COCc2ccc(F)cc2)CC1. The predicted molar refractivity (Wildman–Crippen MR) is 101 cm³/mol. The Hall–Kier alpha value is -2.46. The molecule has 0 N–H and O–H groups in total. The number of carbonyl (C=O) groups is 1. The molecule has 26 heavy (non-hydrogen) atoms. The highest BCUT2D eigenvalue weighted by Gasteiger charge is 2.21. The summed E-state index contributed by atoms with van der Waals surface area (Å²) in [5.41, 5.74) is 2.01. The van der Waals surface area contributed by atoms with Gasteiger partial charge in [0.15, 0.2) is 0 Å². The van der Waals surface area contributed by atoms with Crippen molar-refractivity contribution in [3.63, 3.8) is 0 Å². The molecular formula is C22H24FNO2. The second-order valence-electron chi connectivity index (χ2n) is 6.65. The fourth-order valence-electron chi connectivity index (χ4n) is 3.08. The molecule has 0 saturated carbocycles. The molecule has 136 valence electrons. The molecule has 2 aromatic rings. The van der Waals surface area contributed by atoms with E-state index < -0.39 is 0 Å². The number of piperidine rings is 1. The first-order valence-corrected chi connectivity index (χ1v) is 9.05. The van der Waals surface area contributed by atoms with E-state index in [2.05, 4.69) is 0 Å². The van der Waals surface area contributed by atoms with Gasteiger partial charge >= 0.3 is 0 Å². The Morgan fingerprint density at radius 1 is 1.08 bits per heavy atom. The van der Waals surface area contributed by atoms with Crippen LogP contribution in [0.4, 0.5) is 4.39 Å². The van der Waals surface area contributed by atoms with E-state index in [0.29, 0.717) is 19.1 Å². The number of ether oxygens (including phenoxy) is 1. The predicted octanol–water partition coefficient (Wildman–Crippen LogP) is 4.29. The molecule has 1 fully saturated rings. The Bertz CT molecular complexity index is 720. The van der Waals surface area contributed by atoms with Crippen molar-refractivity contribution in [2.75, 3.05) is 19.7 Å². The van der Waals surface area contributed by atoms with Crippen molar-refractivity contribution in [3.05, 3.63) is 77.6 Å². The Labute approximate surface area is 154 Å². The molecule has 0 spiro atoms. The van der Waals surface area contributed by atoms with Crippen LogP contribution in [0.15, 0.2) is 60.7 Å². The first-order valence-electron chi connectivity index (χ1n) is 9.05. The molecule has 1 aliphatic rings. The molecule has 1 amide bonds. The van der Waals surface area contributed by atoms with Gasteiger partial charge in [0.05, 0.1) is 6.61 Å². The Morgan fingerprint density at radius 2 is 1.77 bits per heavy atom. The van der Waals surface area contributed by atoms with Crippen molar-refractivity contribution >= 4 is 12.0 Å². The van der Waals surface area contributed by atoms with Gasteiger partial charge in [-0.2, -0.15) is 0 Å². The number of nitrogens with zero attached hydrogens (tertiary/aromatic N) is 1. The lowest BCUT2D eigenvalue weighted by atomic mass is 9.97. The van der Waals surface area contributed by atoms with E-state index in [4.69, 9.17) is 4.74 Å². The second-order valence-corrected chi connectivity index (χ2v) is 6.65. The molecule has 1 saturated heterocycles. The first kappa shape index (κ1) is 18.3. The Balaban J connectivity index is 1.37. The number of benzene rings is 2. The monoisotopic (exact) mass is 353 g/mol. The summed E-state index contributed by atoms with van der Waals surface area (Å²) in [4.78, 5) is 14.2. The molecule has 0 aromatic heterocycles. The summed E-state index contributed by atoms with van der Waals surface area (Å²) in [6, 6.07) is 16.2. The van der Waals surface area contributed by atoms with Crippen LogP contribution in [0.1, 0.15) is 24.0 Å². The van der Waals surface area contributed by atoms with E-state index in [1.807, 2.05) is 41.3 Å². The van der Waals surface area contributed by atoms with Crippen LogP contribution in [-0.2, 0) is 16.1 Å². The van der Waals surface area contributed by atoms with Gasteiger partial charge in [0.2, 0.25) is 5.91 Å². The van der Waals surface area contributed by atoms with Gasteiger partial charge in [-0.25, -0.2) is 4.39 Å². The van der Waals surface area contributed by atoms with Crippen molar-refractivity contribution in [2.24, 2.45) is 5.92 Å². The van der Waals surface area contributed by atoms with E-state index >= 15 is 0 Å². The molecule has 4 heteroatoms. The fraction of sp³-hybridized carbons (Fsp3) is 0.318. The van der Waals surface area contributed by atoms with Crippen LogP contribution < -0.4 is 0 Å². The van der Waals surface area contributed by atoms with Crippen molar-refractivity contribution < 1.29 is 13.9 Å². The quantitative estimate of drug-likeness (QED) is 0.725. The van der Waals surface area contributed by atoms with Crippen LogP contribution >= 0.6 is 0 Å². The maximum Gasteiger partial charge on any atom is 0.246 e. The van der Waals surface area contributed by atoms with Crippen molar-refractivity contribution in [1.29, 1.82) is 0 Å². The summed E-state index contributed by atoms with van der Waals surface area (Å²) in [5.74, 6) is 0.309. The van der Waals surface area contributed by atoms with Gasteiger partial charge in [0.1, 0.15) is 5.82 Å². The average molecular weight is 353 g/mol. The maximum atomic E-state index is 12.9. The molecule has 1 heterocycles. The van der Waals surface area contributed by atoms with Crippen molar-refractivity contribution in [3.8, 4) is 0 Å². The van der Waals surface area contributed by atoms with E-state index in [0.717, 1.165) is 37.1 Å². The molecule has 0 radical (unpaired) electrons. The second kappa shape index (κ2) is 9.30. The summed E-state index contributed by atoms with van der Waals surface area (Å²) >= 11 is 0. The Kier molecular flexibility index (Phi) is 6.56. The standard InChI is InChI=1S/C22H24FNO2/c23-21-9-6-19(7-10-21)16-26-17-20-12-14-24(15-13-20)22(25)11-8-18-4-2-1-3-5-18/h1-11,20H,12-17H2. The van der Waals surface area contributed by atoms with Crippen LogP contribution in [0.3, 0.4) is 0 Å². The van der Waals surface area contributed by atoms with Crippen LogP contribution in [0, 0.1) is 11.7 Å². The smallest absolute Gasteiger partial charge is 0.246 e. The number of rotatable bonds is 6. The highest BCUT2D eigenvalue weighted by atomic mass is 19.1. The van der Waals surface area contributed by atoms with Gasteiger partial charge < -0.3 is 9.64 Å². The lowest BCUT2D eigenvalue weighted by molar-refractivity contribution is -0.127. The van der Waals surface area contributed by atoms with Crippen LogP contribution in [0.2, 0.25) is 0 Å². The Morgan fingerprint density at radius 3 is 2.46 bits per heavy atom. The van der Waals surface area contributed by atoms with Gasteiger partial charge in [-0.15, -0.1) is 0 Å². The molecule has 1 aliphatic heterocycles. The highest BCUT2D eigenvalue weighted by Crippen LogP contribution is 2.19. The molecule has 3 nitrogen and oxygen atoms in total. The van der Waals surface area contributed by atoms with Gasteiger partial charge in [0.25, 0.3) is 0 Å². The molecule has 0 atom stereocenters. The van der Waals surface area contributed by atoms with E-state index in [1.54, 1.807) is 18.2 Å². The van der Waals surface area contributed by atoms with Crippen LogP contribution in [0.5, 0.6) is 0 Å². The van der Waals surface area contributed by atoms with E-state index in [9.17, 15) is 9.18 Å². The third-order valence-electron chi connectivity index (χ3n) is 4.68. The normalized spacial score (nSPS) is 15.5. The van der Waals surface area contributed by atoms with Gasteiger partial charge in [-0.1, -0.05) is 42.5 Å². The number of amides is 1. The van der Waals surface area contributed by atoms with Gasteiger partial charge in [-0.3, -0.25) is 4.79 Å². The fourth-order valence-corrected chi connectivity index (χ4v) is 3.08. The van der Waals surface area contributed by atoms with Crippen LogP contribution in [-0.4, -0.2) is 30.5 Å². The summed E-state index contributed by atoms with van der Waals surface area (Å²) in [7, 11) is 0. The first-order chi connectivity index (χ1) is 12.7. The van der Waals surface area contributed by atoms with Gasteiger partial charge in [-0.05, 0) is 48.1 Å². The minimum absolute atomic E-state index is 0.0690. The third-order valence-corrected chi connectivity index (χ3v) is 4.68. The molecule has 0 bridgehead atoms. The summed E-state index contributed by atoms with van der Waals surface area (Å²) in [5, 5.41) is 0. The number of likely N-dealkylation sites (tertiary alicyclic amines) is 1. The zero-order valence-corrected chi connectivity index (χ0v) is 14.8. The summed E-state index contributed by atoms with van der Waals surface area (Å²) < 4.78 is 18.6. The molecule has 3 rings (SSSR count). The topological polar surface area (TPSA) is 29.5 Å². The zero-order valence-electron chi connectivity index (χ0n) is 14.8. The zero-order chi connectivity index (χ0) is 18.2. The number of hydrogen-bond donors (Lipinski definition) is 0. The van der Waals surface area contributed by atoms with E-state index in [1.165, 1.54) is 12.1 Å². The highest BCUT2D eigenvalue weighted by molar-refractivity contribution is 5.91. The van der Waals surface area contributed by atoms with Crippen LogP contribution in [0.25, 0.3) is 6.08 Å². The molecule has 2 aromatic carbocycles. The molecule has 0 unspecified atom stereocenters. The minimum Gasteiger partial charge on any atom is -0.376 e.